The van der Waals surface area contributed by atoms with Gasteiger partial charge in [-0.3, -0.25) is 15.3 Å². The molecule has 7 nitrogen and oxygen atoms in total. The van der Waals surface area contributed by atoms with Crippen LogP contribution in [0.4, 0.5) is 4.79 Å². The molecule has 1 aliphatic carbocycles. The SMILES string of the molecule is CCC(C)/N=C\c1ccc(-c2[nH]c(-c3ccccc3)nc2C(=N)N(C(N)=O)C2CCC2)cc1C. The fourth-order valence-corrected chi connectivity index (χ4v) is 4.01. The van der Waals surface area contributed by atoms with Crippen LogP contribution < -0.4 is 5.73 Å². The van der Waals surface area contributed by atoms with Crippen molar-refractivity contribution in [2.24, 2.45) is 10.7 Å². The zero-order valence-corrected chi connectivity index (χ0v) is 20.0. The molecule has 1 aromatic heterocycles. The van der Waals surface area contributed by atoms with Crippen LogP contribution in [0.5, 0.6) is 0 Å². The number of rotatable bonds is 7. The number of benzene rings is 2. The second-order valence-electron chi connectivity index (χ2n) is 8.92. The lowest BCUT2D eigenvalue weighted by molar-refractivity contribution is 0.191. The first-order chi connectivity index (χ1) is 16.4. The minimum absolute atomic E-state index is 0.0330. The normalized spacial score (nSPS) is 14.7. The molecule has 7 heteroatoms. The predicted octanol–water partition coefficient (Wildman–Crippen LogP) is 5.53. The van der Waals surface area contributed by atoms with E-state index in [1.54, 1.807) is 0 Å². The summed E-state index contributed by atoms with van der Waals surface area (Å²) in [5.41, 5.74) is 10.7. The first kappa shape index (κ1) is 23.4. The average molecular weight is 457 g/mol. The summed E-state index contributed by atoms with van der Waals surface area (Å²) in [5.74, 6) is 0.680. The molecule has 2 aromatic carbocycles. The highest BCUT2D eigenvalue weighted by Crippen LogP contribution is 2.31. The molecule has 0 spiro atoms. The van der Waals surface area contributed by atoms with Crippen molar-refractivity contribution < 1.29 is 4.79 Å². The van der Waals surface area contributed by atoms with Crippen LogP contribution in [0.3, 0.4) is 0 Å². The smallest absolute Gasteiger partial charge is 0.320 e. The number of H-pyrrole nitrogens is 1. The lowest BCUT2D eigenvalue weighted by Crippen LogP contribution is -2.50. The van der Waals surface area contributed by atoms with E-state index in [0.717, 1.165) is 47.9 Å². The molecule has 3 aromatic rings. The molecule has 1 unspecified atom stereocenters. The molecular formula is C27H32N6O. The van der Waals surface area contributed by atoms with E-state index in [4.69, 9.17) is 16.1 Å². The van der Waals surface area contributed by atoms with Crippen molar-refractivity contribution in [2.45, 2.75) is 58.5 Å². The Morgan fingerprint density at radius 1 is 1.26 bits per heavy atom. The molecule has 2 amide bonds. The van der Waals surface area contributed by atoms with Crippen LogP contribution in [-0.4, -0.2) is 45.0 Å². The molecule has 1 aliphatic rings. The lowest BCUT2D eigenvalue weighted by atomic mass is 9.91. The Bertz CT molecular complexity index is 1210. The van der Waals surface area contributed by atoms with E-state index >= 15 is 0 Å². The number of carbonyl (C=O) groups is 1. The highest BCUT2D eigenvalue weighted by atomic mass is 16.2. The number of primary amides is 1. The number of amidine groups is 1. The minimum atomic E-state index is -0.613. The minimum Gasteiger partial charge on any atom is -0.351 e. The molecule has 0 saturated heterocycles. The van der Waals surface area contributed by atoms with E-state index < -0.39 is 6.03 Å². The number of aryl methyl sites for hydroxylation is 1. The third-order valence-electron chi connectivity index (χ3n) is 6.51. The van der Waals surface area contributed by atoms with Crippen LogP contribution in [0.1, 0.15) is 56.4 Å². The number of carbonyl (C=O) groups excluding carboxylic acids is 1. The number of hydrogen-bond acceptors (Lipinski definition) is 4. The van der Waals surface area contributed by atoms with Gasteiger partial charge in [-0.25, -0.2) is 9.78 Å². The summed E-state index contributed by atoms with van der Waals surface area (Å²) in [6, 6.07) is 15.5. The van der Waals surface area contributed by atoms with Gasteiger partial charge in [-0.2, -0.15) is 0 Å². The Morgan fingerprint density at radius 3 is 2.59 bits per heavy atom. The highest BCUT2D eigenvalue weighted by molar-refractivity contribution is 6.08. The molecule has 0 aliphatic heterocycles. The summed E-state index contributed by atoms with van der Waals surface area (Å²) in [6.07, 6.45) is 5.64. The van der Waals surface area contributed by atoms with Gasteiger partial charge in [0.25, 0.3) is 0 Å². The maximum atomic E-state index is 12.3. The van der Waals surface area contributed by atoms with Crippen molar-refractivity contribution in [3.05, 3.63) is 65.4 Å². The summed E-state index contributed by atoms with van der Waals surface area (Å²) in [6.45, 7) is 6.27. The van der Waals surface area contributed by atoms with Crippen LogP contribution in [0, 0.1) is 12.3 Å². The van der Waals surface area contributed by atoms with Gasteiger partial charge in [0.15, 0.2) is 5.84 Å². The molecule has 1 heterocycles. The standard InChI is InChI=1S/C27H32N6O/c1-4-18(3)30-16-21-14-13-20(15-17(21)2)23-24(25(28)33(27(29)34)22-11-8-12-22)32-26(31-23)19-9-6-5-7-10-19/h5-7,9-10,13-16,18,22,28H,4,8,11-12H2,1-3H3,(H2,29,34)(H,31,32)/b28-25?,30-16-. The fourth-order valence-electron chi connectivity index (χ4n) is 4.01. The number of aromatic nitrogens is 2. The van der Waals surface area contributed by atoms with E-state index in [1.165, 1.54) is 4.90 Å². The summed E-state index contributed by atoms with van der Waals surface area (Å²) in [5, 5.41) is 8.90. The summed E-state index contributed by atoms with van der Waals surface area (Å²) >= 11 is 0. The molecule has 1 atom stereocenters. The number of hydrogen-bond donors (Lipinski definition) is 3. The van der Waals surface area contributed by atoms with E-state index in [9.17, 15) is 4.79 Å². The van der Waals surface area contributed by atoms with Crippen molar-refractivity contribution in [3.63, 3.8) is 0 Å². The largest absolute Gasteiger partial charge is 0.351 e. The van der Waals surface area contributed by atoms with Gasteiger partial charge >= 0.3 is 6.03 Å². The summed E-state index contributed by atoms with van der Waals surface area (Å²) in [7, 11) is 0. The molecule has 4 N–H and O–H groups in total. The topological polar surface area (TPSA) is 111 Å². The maximum absolute atomic E-state index is 12.3. The van der Waals surface area contributed by atoms with Gasteiger partial charge in [0.05, 0.1) is 5.69 Å². The van der Waals surface area contributed by atoms with E-state index in [0.29, 0.717) is 17.2 Å². The van der Waals surface area contributed by atoms with Crippen LogP contribution in [0.15, 0.2) is 53.5 Å². The van der Waals surface area contributed by atoms with Gasteiger partial charge in [0, 0.05) is 29.4 Å². The van der Waals surface area contributed by atoms with E-state index in [-0.39, 0.29) is 17.9 Å². The third kappa shape index (κ3) is 4.78. The molecule has 0 bridgehead atoms. The summed E-state index contributed by atoms with van der Waals surface area (Å²) in [4.78, 5) is 26.4. The highest BCUT2D eigenvalue weighted by Gasteiger charge is 2.33. The van der Waals surface area contributed by atoms with Crippen molar-refractivity contribution in [1.29, 1.82) is 5.41 Å². The Hall–Kier alpha value is -3.74. The molecule has 1 fully saturated rings. The van der Waals surface area contributed by atoms with Crippen LogP contribution >= 0.6 is 0 Å². The molecule has 0 radical (unpaired) electrons. The number of nitrogens with one attached hydrogen (secondary N) is 2. The van der Waals surface area contributed by atoms with Gasteiger partial charge in [-0.05, 0) is 56.7 Å². The number of nitrogens with two attached hydrogens (primary N) is 1. The van der Waals surface area contributed by atoms with Gasteiger partial charge < -0.3 is 10.7 Å². The van der Waals surface area contributed by atoms with Crippen molar-refractivity contribution in [3.8, 4) is 22.6 Å². The average Bonchev–Trinajstić information content (AvgIpc) is 3.25. The summed E-state index contributed by atoms with van der Waals surface area (Å²) < 4.78 is 0. The molecule has 1 saturated carbocycles. The van der Waals surface area contributed by atoms with E-state index in [2.05, 4.69) is 29.9 Å². The molecule has 4 rings (SSSR count). The zero-order chi connectivity index (χ0) is 24.2. The molecule has 34 heavy (non-hydrogen) atoms. The Labute approximate surface area is 200 Å². The first-order valence-corrected chi connectivity index (χ1v) is 11.9. The third-order valence-corrected chi connectivity index (χ3v) is 6.51. The monoisotopic (exact) mass is 456 g/mol. The maximum Gasteiger partial charge on any atom is 0.320 e. The quantitative estimate of drug-likeness (QED) is 0.321. The Morgan fingerprint density at radius 2 is 2.00 bits per heavy atom. The van der Waals surface area contributed by atoms with Gasteiger partial charge in [0.1, 0.15) is 11.5 Å². The first-order valence-electron chi connectivity index (χ1n) is 11.9. The molecular weight excluding hydrogens is 424 g/mol. The van der Waals surface area contributed by atoms with Crippen LogP contribution in [0.25, 0.3) is 22.6 Å². The van der Waals surface area contributed by atoms with Crippen molar-refractivity contribution >= 4 is 18.1 Å². The lowest BCUT2D eigenvalue weighted by Gasteiger charge is -2.36. The van der Waals surface area contributed by atoms with Gasteiger partial charge in [-0.15, -0.1) is 0 Å². The zero-order valence-electron chi connectivity index (χ0n) is 20.0. The number of aromatic amines is 1. The second kappa shape index (κ2) is 10.0. The predicted molar refractivity (Wildman–Crippen MR) is 137 cm³/mol. The van der Waals surface area contributed by atoms with Crippen LogP contribution in [0.2, 0.25) is 0 Å². The van der Waals surface area contributed by atoms with Gasteiger partial charge in [0.2, 0.25) is 0 Å². The second-order valence-corrected chi connectivity index (χ2v) is 8.92. The van der Waals surface area contributed by atoms with E-state index in [1.807, 2.05) is 55.6 Å². The Balaban J connectivity index is 1.77. The van der Waals surface area contributed by atoms with Crippen molar-refractivity contribution in [2.75, 3.05) is 0 Å². The fraction of sp³-hybridized carbons (Fsp3) is 0.333. The molecule has 176 valence electrons. The van der Waals surface area contributed by atoms with Gasteiger partial charge in [-0.1, -0.05) is 49.4 Å². The number of amides is 2. The number of aliphatic imine (C=N–C) groups is 1. The van der Waals surface area contributed by atoms with Crippen molar-refractivity contribution in [1.82, 2.24) is 14.9 Å². The van der Waals surface area contributed by atoms with Crippen LogP contribution in [-0.2, 0) is 0 Å². The number of imidazole rings is 1. The number of urea groups is 1. The number of nitrogens with zero attached hydrogens (tertiary/aromatic N) is 3. The Kier molecular flexibility index (Phi) is 6.91.